The molecule has 0 saturated heterocycles. The molecule has 0 amide bonds. The number of hydrogen-bond donors (Lipinski definition) is 0. The molecule has 0 atom stereocenters. The van der Waals surface area contributed by atoms with Crippen LogP contribution in [0.2, 0.25) is 0 Å². The molecule has 2 rings (SSSR count). The van der Waals surface area contributed by atoms with Gasteiger partial charge in [0.2, 0.25) is 0 Å². The summed E-state index contributed by atoms with van der Waals surface area (Å²) in [5, 5.41) is 3.58. The van der Waals surface area contributed by atoms with E-state index in [-0.39, 0.29) is 0 Å². The number of fused-ring (bicyclic) bond motifs is 1. The van der Waals surface area contributed by atoms with Crippen molar-refractivity contribution in [2.75, 3.05) is 0 Å². The Morgan fingerprint density at radius 3 is 2.87 bits per heavy atom. The highest BCUT2D eigenvalue weighted by atomic mass is 32.1. The smallest absolute Gasteiger partial charge is 0.0342 e. The summed E-state index contributed by atoms with van der Waals surface area (Å²) < 4.78 is 1.41. The summed E-state index contributed by atoms with van der Waals surface area (Å²) in [6, 6.07) is 9.10. The molecular weight excluding hydrogens is 200 g/mol. The van der Waals surface area contributed by atoms with Gasteiger partial charge in [-0.2, -0.15) is 0 Å². The maximum Gasteiger partial charge on any atom is 0.0342 e. The number of aryl methyl sites for hydroxylation is 1. The van der Waals surface area contributed by atoms with E-state index in [0.717, 1.165) is 0 Å². The molecule has 1 heterocycles. The third-order valence-electron chi connectivity index (χ3n) is 2.84. The molecule has 0 aliphatic rings. The summed E-state index contributed by atoms with van der Waals surface area (Å²) in [5.74, 6) is 0. The molecular formula is C14H18S. The van der Waals surface area contributed by atoms with E-state index in [1.54, 1.807) is 0 Å². The first-order valence-electron chi connectivity index (χ1n) is 5.86. The second-order valence-corrected chi connectivity index (χ2v) is 5.05. The summed E-state index contributed by atoms with van der Waals surface area (Å²) in [4.78, 5) is 0. The highest BCUT2D eigenvalue weighted by molar-refractivity contribution is 7.17. The fourth-order valence-corrected chi connectivity index (χ4v) is 2.70. The second kappa shape index (κ2) is 5.32. The monoisotopic (exact) mass is 218 g/mol. The van der Waals surface area contributed by atoms with Crippen molar-refractivity contribution >= 4 is 21.4 Å². The largest absolute Gasteiger partial charge is 0.144 e. The van der Waals surface area contributed by atoms with Gasteiger partial charge in [0.1, 0.15) is 0 Å². The van der Waals surface area contributed by atoms with Crippen molar-refractivity contribution in [3.63, 3.8) is 0 Å². The predicted molar refractivity (Wildman–Crippen MR) is 69.7 cm³/mol. The molecule has 0 bridgehead atoms. The molecule has 0 unspecified atom stereocenters. The summed E-state index contributed by atoms with van der Waals surface area (Å²) in [5.41, 5.74) is 1.50. The van der Waals surface area contributed by atoms with E-state index in [9.17, 15) is 0 Å². The maximum atomic E-state index is 2.35. The number of rotatable bonds is 5. The quantitative estimate of drug-likeness (QED) is 0.618. The van der Waals surface area contributed by atoms with Crippen LogP contribution >= 0.6 is 11.3 Å². The average molecular weight is 218 g/mol. The van der Waals surface area contributed by atoms with Gasteiger partial charge in [-0.3, -0.25) is 0 Å². The maximum absolute atomic E-state index is 2.35. The Kier molecular flexibility index (Phi) is 3.79. The Hall–Kier alpha value is -0.820. The van der Waals surface area contributed by atoms with E-state index in [1.807, 2.05) is 11.3 Å². The molecule has 0 saturated carbocycles. The lowest BCUT2D eigenvalue weighted by molar-refractivity contribution is 0.667. The number of thiophene rings is 1. The molecule has 0 aliphatic heterocycles. The zero-order valence-electron chi connectivity index (χ0n) is 9.33. The van der Waals surface area contributed by atoms with Crippen LogP contribution in [-0.4, -0.2) is 0 Å². The fraction of sp³-hybridized carbons (Fsp3) is 0.429. The highest BCUT2D eigenvalue weighted by Gasteiger charge is 1.97. The van der Waals surface area contributed by atoms with Crippen molar-refractivity contribution in [2.45, 2.75) is 39.0 Å². The third-order valence-corrected chi connectivity index (χ3v) is 3.73. The van der Waals surface area contributed by atoms with Crippen molar-refractivity contribution in [3.8, 4) is 0 Å². The van der Waals surface area contributed by atoms with Gasteiger partial charge in [-0.15, -0.1) is 11.3 Å². The van der Waals surface area contributed by atoms with Crippen molar-refractivity contribution in [2.24, 2.45) is 0 Å². The van der Waals surface area contributed by atoms with Crippen molar-refractivity contribution in [1.82, 2.24) is 0 Å². The second-order valence-electron chi connectivity index (χ2n) is 4.10. The van der Waals surface area contributed by atoms with E-state index in [2.05, 4.69) is 36.6 Å². The molecule has 0 N–H and O–H groups in total. The van der Waals surface area contributed by atoms with Crippen LogP contribution in [0.1, 0.15) is 38.2 Å². The minimum atomic E-state index is 1.24. The van der Waals surface area contributed by atoms with Gasteiger partial charge in [-0.25, -0.2) is 0 Å². The Balaban J connectivity index is 1.96. The molecule has 0 fully saturated rings. The van der Waals surface area contributed by atoms with Crippen LogP contribution in [0.3, 0.4) is 0 Å². The molecule has 1 heteroatoms. The van der Waals surface area contributed by atoms with Crippen LogP contribution in [-0.2, 0) is 6.42 Å². The normalized spacial score (nSPS) is 11.0. The fourth-order valence-electron chi connectivity index (χ4n) is 1.93. The number of benzene rings is 1. The lowest BCUT2D eigenvalue weighted by atomic mass is 10.1. The van der Waals surface area contributed by atoms with Crippen LogP contribution in [0.4, 0.5) is 0 Å². The Bertz CT molecular complexity index is 414. The Morgan fingerprint density at radius 2 is 2.00 bits per heavy atom. The standard InChI is InChI=1S/C14H18S/c1-2-3-4-5-6-12-7-8-14-13(11-12)9-10-15-14/h7-11H,2-6H2,1H3. The van der Waals surface area contributed by atoms with Crippen LogP contribution in [0.15, 0.2) is 29.6 Å². The summed E-state index contributed by atoms with van der Waals surface area (Å²) in [6.45, 7) is 2.26. The zero-order chi connectivity index (χ0) is 10.5. The number of unbranched alkanes of at least 4 members (excludes halogenated alkanes) is 3. The van der Waals surface area contributed by atoms with Gasteiger partial charge in [-0.1, -0.05) is 38.3 Å². The van der Waals surface area contributed by atoms with Crippen LogP contribution in [0.25, 0.3) is 10.1 Å². The number of hydrogen-bond acceptors (Lipinski definition) is 1. The minimum absolute atomic E-state index is 1.24. The van der Waals surface area contributed by atoms with Crippen LogP contribution < -0.4 is 0 Å². The van der Waals surface area contributed by atoms with E-state index in [4.69, 9.17) is 0 Å². The van der Waals surface area contributed by atoms with Gasteiger partial charge in [0.25, 0.3) is 0 Å². The lowest BCUT2D eigenvalue weighted by Gasteiger charge is -2.01. The molecule has 0 spiro atoms. The summed E-state index contributed by atoms with van der Waals surface area (Å²) >= 11 is 1.83. The van der Waals surface area contributed by atoms with Crippen molar-refractivity contribution in [1.29, 1.82) is 0 Å². The first-order chi connectivity index (χ1) is 7.40. The molecule has 1 aromatic heterocycles. The van der Waals surface area contributed by atoms with Crippen LogP contribution in [0, 0.1) is 0 Å². The molecule has 15 heavy (non-hydrogen) atoms. The summed E-state index contributed by atoms with van der Waals surface area (Å²) in [7, 11) is 0. The van der Waals surface area contributed by atoms with E-state index in [1.165, 1.54) is 47.8 Å². The van der Waals surface area contributed by atoms with Gasteiger partial charge in [-0.05, 0) is 41.3 Å². The predicted octanol–water partition coefficient (Wildman–Crippen LogP) is 5.02. The Labute approximate surface area is 95.9 Å². The molecule has 0 aliphatic carbocycles. The van der Waals surface area contributed by atoms with E-state index >= 15 is 0 Å². The van der Waals surface area contributed by atoms with E-state index in [0.29, 0.717) is 0 Å². The highest BCUT2D eigenvalue weighted by Crippen LogP contribution is 2.22. The molecule has 0 nitrogen and oxygen atoms in total. The van der Waals surface area contributed by atoms with Gasteiger partial charge in [0.05, 0.1) is 0 Å². The lowest BCUT2D eigenvalue weighted by Crippen LogP contribution is -1.85. The SMILES string of the molecule is CCCCCCc1ccc2sccc2c1. The first-order valence-corrected chi connectivity index (χ1v) is 6.74. The molecule has 0 radical (unpaired) electrons. The molecule has 1 aromatic carbocycles. The van der Waals surface area contributed by atoms with Crippen molar-refractivity contribution < 1.29 is 0 Å². The summed E-state index contributed by atoms with van der Waals surface area (Å²) in [6.07, 6.45) is 6.65. The zero-order valence-corrected chi connectivity index (χ0v) is 10.1. The Morgan fingerprint density at radius 1 is 1.07 bits per heavy atom. The van der Waals surface area contributed by atoms with Gasteiger partial charge < -0.3 is 0 Å². The molecule has 2 aromatic rings. The molecule has 80 valence electrons. The third kappa shape index (κ3) is 2.82. The van der Waals surface area contributed by atoms with E-state index < -0.39 is 0 Å². The minimum Gasteiger partial charge on any atom is -0.144 e. The topological polar surface area (TPSA) is 0 Å². The van der Waals surface area contributed by atoms with Crippen molar-refractivity contribution in [3.05, 3.63) is 35.2 Å². The van der Waals surface area contributed by atoms with Gasteiger partial charge in [0.15, 0.2) is 0 Å². The van der Waals surface area contributed by atoms with Gasteiger partial charge >= 0.3 is 0 Å². The van der Waals surface area contributed by atoms with Gasteiger partial charge in [0, 0.05) is 4.70 Å². The first kappa shape index (κ1) is 10.7. The van der Waals surface area contributed by atoms with Crippen LogP contribution in [0.5, 0.6) is 0 Å². The average Bonchev–Trinajstić information content (AvgIpc) is 2.71.